The third-order valence-electron chi connectivity index (χ3n) is 2.49. The number of amidine groups is 1. The van der Waals surface area contributed by atoms with E-state index in [1.807, 2.05) is 19.0 Å². The van der Waals surface area contributed by atoms with Crippen LogP contribution in [0, 0.1) is 0 Å². The summed E-state index contributed by atoms with van der Waals surface area (Å²) in [7, 11) is 3.67. The number of halogens is 3. The van der Waals surface area contributed by atoms with Crippen molar-refractivity contribution in [3.05, 3.63) is 29.3 Å². The lowest BCUT2D eigenvalue weighted by Crippen LogP contribution is -2.21. The van der Waals surface area contributed by atoms with Crippen LogP contribution in [0.4, 0.5) is 13.2 Å². The summed E-state index contributed by atoms with van der Waals surface area (Å²) in [6.45, 7) is 0.848. The Hall–Kier alpha value is -1.96. The summed E-state index contributed by atoms with van der Waals surface area (Å²) in [5.41, 5.74) is 4.40. The lowest BCUT2D eigenvalue weighted by atomic mass is 10.1. The lowest BCUT2D eigenvalue weighted by Gasteiger charge is -2.15. The number of nitrogens with two attached hydrogens (primary N) is 1. The Morgan fingerprint density at radius 1 is 1.40 bits per heavy atom. The third-order valence-corrected chi connectivity index (χ3v) is 2.49. The van der Waals surface area contributed by atoms with Gasteiger partial charge in [-0.3, -0.25) is 0 Å². The first kappa shape index (κ1) is 16.1. The molecule has 0 aliphatic rings. The molecule has 0 heterocycles. The molecule has 1 aromatic carbocycles. The maximum atomic E-state index is 12.6. The van der Waals surface area contributed by atoms with Gasteiger partial charge in [-0.15, -0.1) is 0 Å². The van der Waals surface area contributed by atoms with Crippen molar-refractivity contribution in [3.63, 3.8) is 0 Å². The molecule has 0 aromatic heterocycles. The Morgan fingerprint density at radius 2 is 2.05 bits per heavy atom. The summed E-state index contributed by atoms with van der Waals surface area (Å²) < 4.78 is 43.3. The van der Waals surface area contributed by atoms with Gasteiger partial charge < -0.3 is 20.6 Å². The van der Waals surface area contributed by atoms with Crippen LogP contribution in [0.25, 0.3) is 0 Å². The summed E-state index contributed by atoms with van der Waals surface area (Å²) in [4.78, 5) is 1.85. The van der Waals surface area contributed by atoms with Gasteiger partial charge in [0.25, 0.3) is 0 Å². The molecular formula is C12H16F3N3O2. The minimum Gasteiger partial charge on any atom is -0.491 e. The summed E-state index contributed by atoms with van der Waals surface area (Å²) in [5, 5.41) is 11.4. The quantitative estimate of drug-likeness (QED) is 0.375. The van der Waals surface area contributed by atoms with E-state index >= 15 is 0 Å². The molecule has 20 heavy (non-hydrogen) atoms. The van der Waals surface area contributed by atoms with Crippen LogP contribution in [0.1, 0.15) is 11.1 Å². The molecule has 1 rings (SSSR count). The minimum atomic E-state index is -4.51. The van der Waals surface area contributed by atoms with Gasteiger partial charge in [0.05, 0.1) is 11.1 Å². The Labute approximate surface area is 114 Å². The van der Waals surface area contributed by atoms with Crippen molar-refractivity contribution in [3.8, 4) is 5.75 Å². The van der Waals surface area contributed by atoms with Crippen LogP contribution in [-0.4, -0.2) is 43.2 Å². The molecule has 0 saturated carbocycles. The molecule has 0 atom stereocenters. The van der Waals surface area contributed by atoms with E-state index in [0.717, 1.165) is 18.2 Å². The van der Waals surface area contributed by atoms with Gasteiger partial charge in [0, 0.05) is 6.54 Å². The normalized spacial score (nSPS) is 12.8. The van der Waals surface area contributed by atoms with E-state index in [9.17, 15) is 13.2 Å². The molecule has 5 nitrogen and oxygen atoms in total. The smallest absolute Gasteiger partial charge is 0.416 e. The second kappa shape index (κ2) is 6.47. The van der Waals surface area contributed by atoms with E-state index in [1.165, 1.54) is 0 Å². The highest BCUT2D eigenvalue weighted by Gasteiger charge is 2.31. The van der Waals surface area contributed by atoms with Crippen molar-refractivity contribution in [2.75, 3.05) is 27.2 Å². The number of hydrogen-bond donors (Lipinski definition) is 2. The van der Waals surface area contributed by atoms with Gasteiger partial charge in [0.1, 0.15) is 12.4 Å². The number of likely N-dealkylation sites (N-methyl/N-ethyl adjacent to an activating group) is 1. The van der Waals surface area contributed by atoms with Crippen molar-refractivity contribution >= 4 is 5.84 Å². The van der Waals surface area contributed by atoms with Crippen LogP contribution in [0.5, 0.6) is 5.75 Å². The van der Waals surface area contributed by atoms with Crippen molar-refractivity contribution in [2.24, 2.45) is 10.9 Å². The largest absolute Gasteiger partial charge is 0.491 e. The summed E-state index contributed by atoms with van der Waals surface area (Å²) in [5.74, 6) is -0.300. The van der Waals surface area contributed by atoms with Crippen molar-refractivity contribution in [1.29, 1.82) is 0 Å². The van der Waals surface area contributed by atoms with Crippen LogP contribution < -0.4 is 10.5 Å². The molecule has 0 fully saturated rings. The highest BCUT2D eigenvalue weighted by atomic mass is 19.4. The number of hydrogen-bond acceptors (Lipinski definition) is 4. The zero-order valence-electron chi connectivity index (χ0n) is 11.1. The highest BCUT2D eigenvalue weighted by molar-refractivity contribution is 5.99. The fourth-order valence-electron chi connectivity index (χ4n) is 1.42. The number of benzene rings is 1. The van der Waals surface area contributed by atoms with Crippen LogP contribution in [-0.2, 0) is 6.18 Å². The Balaban J connectivity index is 3.05. The van der Waals surface area contributed by atoms with E-state index in [0.29, 0.717) is 6.54 Å². The van der Waals surface area contributed by atoms with E-state index in [1.54, 1.807) is 0 Å². The lowest BCUT2D eigenvalue weighted by molar-refractivity contribution is -0.137. The number of alkyl halides is 3. The zero-order chi connectivity index (χ0) is 15.3. The molecule has 0 aliphatic carbocycles. The number of nitrogens with zero attached hydrogens (tertiary/aromatic N) is 2. The maximum Gasteiger partial charge on any atom is 0.416 e. The van der Waals surface area contributed by atoms with E-state index in [4.69, 9.17) is 15.7 Å². The second-order valence-electron chi connectivity index (χ2n) is 4.35. The molecule has 0 radical (unpaired) electrons. The Morgan fingerprint density at radius 3 is 2.55 bits per heavy atom. The first-order chi connectivity index (χ1) is 9.25. The first-order valence-electron chi connectivity index (χ1n) is 5.72. The average molecular weight is 291 g/mol. The molecule has 0 spiro atoms. The zero-order valence-corrected chi connectivity index (χ0v) is 11.1. The molecule has 0 amide bonds. The standard InChI is InChI=1S/C12H16F3N3O2/c1-18(2)5-6-20-10-4-3-8(12(13,14)15)7-9(10)11(16)17-19/h3-4,7,19H,5-6H2,1-2H3,(H2,16,17). The van der Waals surface area contributed by atoms with Gasteiger partial charge in [-0.2, -0.15) is 13.2 Å². The topological polar surface area (TPSA) is 71.1 Å². The molecule has 0 saturated heterocycles. The summed E-state index contributed by atoms with van der Waals surface area (Å²) >= 11 is 0. The molecule has 0 bridgehead atoms. The van der Waals surface area contributed by atoms with Crippen molar-refractivity contribution < 1.29 is 23.1 Å². The molecule has 8 heteroatoms. The number of oxime groups is 1. The summed E-state index contributed by atoms with van der Waals surface area (Å²) in [6, 6.07) is 2.84. The fourth-order valence-corrected chi connectivity index (χ4v) is 1.42. The van der Waals surface area contributed by atoms with Crippen LogP contribution in [0.15, 0.2) is 23.4 Å². The molecule has 1 aromatic rings. The third kappa shape index (κ3) is 4.30. The SMILES string of the molecule is CN(C)CCOc1ccc(C(F)(F)F)cc1/C(N)=N/O. The van der Waals surface area contributed by atoms with E-state index in [-0.39, 0.29) is 17.9 Å². The molecule has 112 valence electrons. The number of ether oxygens (including phenoxy) is 1. The monoisotopic (exact) mass is 291 g/mol. The van der Waals surface area contributed by atoms with Crippen molar-refractivity contribution in [2.45, 2.75) is 6.18 Å². The number of rotatable bonds is 5. The highest BCUT2D eigenvalue weighted by Crippen LogP contribution is 2.32. The van der Waals surface area contributed by atoms with Crippen LogP contribution >= 0.6 is 0 Å². The van der Waals surface area contributed by atoms with Gasteiger partial charge >= 0.3 is 6.18 Å². The first-order valence-corrected chi connectivity index (χ1v) is 5.72. The van der Waals surface area contributed by atoms with E-state index in [2.05, 4.69) is 5.16 Å². The molecule has 0 aliphatic heterocycles. The van der Waals surface area contributed by atoms with Gasteiger partial charge in [0.2, 0.25) is 0 Å². The molecule has 3 N–H and O–H groups in total. The van der Waals surface area contributed by atoms with Crippen LogP contribution in [0.2, 0.25) is 0 Å². The Bertz CT molecular complexity index is 487. The van der Waals surface area contributed by atoms with Gasteiger partial charge in [-0.05, 0) is 32.3 Å². The minimum absolute atomic E-state index is 0.0962. The molecule has 0 unspecified atom stereocenters. The maximum absolute atomic E-state index is 12.6. The predicted molar refractivity (Wildman–Crippen MR) is 68.0 cm³/mol. The molecular weight excluding hydrogens is 275 g/mol. The van der Waals surface area contributed by atoms with Gasteiger partial charge in [-0.25, -0.2) is 0 Å². The van der Waals surface area contributed by atoms with E-state index < -0.39 is 17.6 Å². The predicted octanol–water partition coefficient (Wildman–Crippen LogP) is 1.74. The summed E-state index contributed by atoms with van der Waals surface area (Å²) in [6.07, 6.45) is -4.51. The average Bonchev–Trinajstić information content (AvgIpc) is 2.36. The van der Waals surface area contributed by atoms with Crippen LogP contribution in [0.3, 0.4) is 0 Å². The van der Waals surface area contributed by atoms with Crippen molar-refractivity contribution in [1.82, 2.24) is 4.90 Å². The van der Waals surface area contributed by atoms with Gasteiger partial charge in [0.15, 0.2) is 5.84 Å². The Kier molecular flexibility index (Phi) is 5.20. The second-order valence-corrected chi connectivity index (χ2v) is 4.35. The van der Waals surface area contributed by atoms with Gasteiger partial charge in [-0.1, -0.05) is 5.16 Å². The fraction of sp³-hybridized carbons (Fsp3) is 0.417.